The molecule has 1 rings (SSSR count). The molecule has 0 fully saturated rings. The molecule has 0 atom stereocenters. The van der Waals surface area contributed by atoms with E-state index in [0.29, 0.717) is 11.3 Å². The van der Waals surface area contributed by atoms with Crippen molar-refractivity contribution in [1.29, 1.82) is 0 Å². The molecule has 1 heterocycles. The van der Waals surface area contributed by atoms with Crippen LogP contribution in [0.2, 0.25) is 0 Å². The van der Waals surface area contributed by atoms with Crippen LogP contribution < -0.4 is 0 Å². The van der Waals surface area contributed by atoms with Crippen LogP contribution in [-0.2, 0) is 11.1 Å². The summed E-state index contributed by atoms with van der Waals surface area (Å²) in [7, 11) is 0. The smallest absolute Gasteiger partial charge is 0.260 e. The lowest BCUT2D eigenvalue weighted by Gasteiger charge is -2.11. The van der Waals surface area contributed by atoms with Crippen molar-refractivity contribution in [2.75, 3.05) is 0 Å². The maximum absolute atomic E-state index is 9.13. The van der Waals surface area contributed by atoms with Crippen LogP contribution in [0.3, 0.4) is 0 Å². The molecule has 0 spiro atoms. The van der Waals surface area contributed by atoms with Crippen LogP contribution in [0.5, 0.6) is 0 Å². The van der Waals surface area contributed by atoms with Crippen LogP contribution >= 0.6 is 27.3 Å². The third kappa shape index (κ3) is 1.99. The third-order valence-corrected chi connectivity index (χ3v) is 2.89. The zero-order chi connectivity index (χ0) is 8.48. The lowest BCUT2D eigenvalue weighted by atomic mass is 10.3. The first-order valence-electron chi connectivity index (χ1n) is 3.12. The summed E-state index contributed by atoms with van der Waals surface area (Å²) in [6.45, 7) is 1.91. The van der Waals surface area contributed by atoms with Crippen LogP contribution in [0.1, 0.15) is 17.5 Å². The summed E-state index contributed by atoms with van der Waals surface area (Å²) in [6.07, 6.45) is 0.702. The fourth-order valence-electron chi connectivity index (χ4n) is 0.780. The highest BCUT2D eigenvalue weighted by atomic mass is 79.9. The van der Waals surface area contributed by atoms with Gasteiger partial charge in [0.2, 0.25) is 0 Å². The highest BCUT2D eigenvalue weighted by molar-refractivity contribution is 9.09. The van der Waals surface area contributed by atoms with Gasteiger partial charge in [-0.15, -0.1) is 11.3 Å². The molecule has 1 aromatic rings. The molecule has 0 amide bonds. The van der Waals surface area contributed by atoms with E-state index < -0.39 is 4.70 Å². The second-order valence-corrected chi connectivity index (χ2v) is 4.03. The monoisotopic (exact) mass is 237 g/mol. The van der Waals surface area contributed by atoms with Crippen LogP contribution in [-0.4, -0.2) is 15.2 Å². The Bertz CT molecular complexity index is 243. The Hall–Kier alpha value is 0.0300. The number of nitrogens with zero attached hydrogens (tertiary/aromatic N) is 1. The Kier molecular flexibility index (Phi) is 2.64. The van der Waals surface area contributed by atoms with E-state index in [4.69, 9.17) is 10.2 Å². The maximum atomic E-state index is 9.13. The molecule has 0 aliphatic rings. The maximum Gasteiger partial charge on any atom is 0.260 e. The fourth-order valence-corrected chi connectivity index (χ4v) is 2.06. The molecule has 0 saturated heterocycles. The Morgan fingerprint density at radius 2 is 2.36 bits per heavy atom. The Labute approximate surface area is 76.8 Å². The normalized spacial score (nSPS) is 12.0. The van der Waals surface area contributed by atoms with Gasteiger partial charge in [-0.2, -0.15) is 0 Å². The van der Waals surface area contributed by atoms with Crippen molar-refractivity contribution in [2.45, 2.75) is 18.0 Å². The Balaban J connectivity index is 3.02. The zero-order valence-electron chi connectivity index (χ0n) is 5.91. The van der Waals surface area contributed by atoms with E-state index in [1.54, 1.807) is 5.51 Å². The number of halogens is 1. The van der Waals surface area contributed by atoms with Gasteiger partial charge >= 0.3 is 0 Å². The highest BCUT2D eigenvalue weighted by Crippen LogP contribution is 2.30. The van der Waals surface area contributed by atoms with Crippen molar-refractivity contribution < 1.29 is 10.2 Å². The average Bonchev–Trinajstić information content (AvgIpc) is 2.31. The van der Waals surface area contributed by atoms with Crippen LogP contribution in [0.4, 0.5) is 0 Å². The highest BCUT2D eigenvalue weighted by Gasteiger charge is 2.26. The minimum Gasteiger partial charge on any atom is -0.353 e. The van der Waals surface area contributed by atoms with Crippen LogP contribution in [0, 0.1) is 0 Å². The standard InChI is InChI=1S/C6H8BrNO2S/c1-2-4-5(6(7,9)10)11-3-8-4/h3,9-10H,2H2,1H3. The van der Waals surface area contributed by atoms with Gasteiger partial charge in [0.1, 0.15) is 0 Å². The first-order chi connectivity index (χ1) is 5.05. The number of aliphatic hydroxyl groups is 2. The molecule has 2 N–H and O–H groups in total. The largest absolute Gasteiger partial charge is 0.353 e. The van der Waals surface area contributed by atoms with Gasteiger partial charge in [-0.3, -0.25) is 0 Å². The summed E-state index contributed by atoms with van der Waals surface area (Å²) in [6, 6.07) is 0. The van der Waals surface area contributed by atoms with Gasteiger partial charge in [-0.1, -0.05) is 6.92 Å². The quantitative estimate of drug-likeness (QED) is 0.601. The fraction of sp³-hybridized carbons (Fsp3) is 0.500. The molecular formula is C6H8BrNO2S. The van der Waals surface area contributed by atoms with E-state index in [9.17, 15) is 0 Å². The van der Waals surface area contributed by atoms with Gasteiger partial charge in [0.25, 0.3) is 4.70 Å². The average molecular weight is 238 g/mol. The zero-order valence-corrected chi connectivity index (χ0v) is 8.31. The first-order valence-corrected chi connectivity index (χ1v) is 4.79. The molecule has 11 heavy (non-hydrogen) atoms. The number of aryl methyl sites for hydroxylation is 1. The molecule has 0 radical (unpaired) electrons. The van der Waals surface area contributed by atoms with Crippen LogP contribution in [0.15, 0.2) is 5.51 Å². The first kappa shape index (κ1) is 9.12. The minimum absolute atomic E-state index is 0.458. The number of hydrogen-bond acceptors (Lipinski definition) is 4. The second-order valence-electron chi connectivity index (χ2n) is 2.07. The lowest BCUT2D eigenvalue weighted by molar-refractivity contribution is -0.0719. The summed E-state index contributed by atoms with van der Waals surface area (Å²) in [5.74, 6) is 0. The van der Waals surface area contributed by atoms with Crippen LogP contribution in [0.25, 0.3) is 0 Å². The lowest BCUT2D eigenvalue weighted by Crippen LogP contribution is -2.15. The summed E-state index contributed by atoms with van der Waals surface area (Å²) in [5, 5.41) is 18.3. The molecule has 5 heteroatoms. The number of hydrogen-bond donors (Lipinski definition) is 2. The predicted molar refractivity (Wildman–Crippen MR) is 46.5 cm³/mol. The SMILES string of the molecule is CCc1ncsc1C(O)(O)Br. The van der Waals surface area contributed by atoms with Gasteiger partial charge in [0, 0.05) is 0 Å². The van der Waals surface area contributed by atoms with Crippen molar-refractivity contribution in [2.24, 2.45) is 0 Å². The number of alkyl halides is 1. The van der Waals surface area contributed by atoms with E-state index in [1.165, 1.54) is 11.3 Å². The van der Waals surface area contributed by atoms with Gasteiger partial charge in [-0.25, -0.2) is 4.98 Å². The molecule has 62 valence electrons. The van der Waals surface area contributed by atoms with Gasteiger partial charge in [-0.05, 0) is 22.4 Å². The number of rotatable bonds is 2. The Morgan fingerprint density at radius 3 is 2.73 bits per heavy atom. The van der Waals surface area contributed by atoms with Crippen molar-refractivity contribution in [3.05, 3.63) is 16.1 Å². The van der Waals surface area contributed by atoms with E-state index in [-0.39, 0.29) is 0 Å². The molecule has 0 bridgehead atoms. The van der Waals surface area contributed by atoms with Crippen molar-refractivity contribution in [3.63, 3.8) is 0 Å². The summed E-state index contributed by atoms with van der Waals surface area (Å²) in [4.78, 5) is 4.43. The molecule has 0 aliphatic heterocycles. The summed E-state index contributed by atoms with van der Waals surface area (Å²) in [5.41, 5.74) is 2.31. The molecular weight excluding hydrogens is 230 g/mol. The van der Waals surface area contributed by atoms with E-state index in [2.05, 4.69) is 20.9 Å². The molecule has 3 nitrogen and oxygen atoms in total. The topological polar surface area (TPSA) is 53.4 Å². The number of thiazole rings is 1. The minimum atomic E-state index is -1.92. The molecule has 0 unspecified atom stereocenters. The van der Waals surface area contributed by atoms with Gasteiger partial charge in [0.15, 0.2) is 0 Å². The molecule has 0 aromatic carbocycles. The van der Waals surface area contributed by atoms with E-state index in [0.717, 1.165) is 5.69 Å². The predicted octanol–water partition coefficient (Wildman–Crippen LogP) is 1.20. The van der Waals surface area contributed by atoms with Gasteiger partial charge in [0.05, 0.1) is 16.1 Å². The van der Waals surface area contributed by atoms with Crippen molar-refractivity contribution in [1.82, 2.24) is 4.98 Å². The number of aromatic nitrogens is 1. The van der Waals surface area contributed by atoms with E-state index in [1.807, 2.05) is 6.92 Å². The molecule has 0 aliphatic carbocycles. The second kappa shape index (κ2) is 3.18. The summed E-state index contributed by atoms with van der Waals surface area (Å²) < 4.78 is -1.92. The van der Waals surface area contributed by atoms with Crippen molar-refractivity contribution >= 4 is 27.3 Å². The molecule has 0 saturated carbocycles. The van der Waals surface area contributed by atoms with Gasteiger partial charge < -0.3 is 10.2 Å². The van der Waals surface area contributed by atoms with E-state index >= 15 is 0 Å². The molecule has 1 aromatic heterocycles. The Morgan fingerprint density at radius 1 is 1.73 bits per heavy atom. The van der Waals surface area contributed by atoms with Crippen molar-refractivity contribution in [3.8, 4) is 0 Å². The third-order valence-electron chi connectivity index (χ3n) is 1.27. The summed E-state index contributed by atoms with van der Waals surface area (Å²) >= 11 is 3.96.